The van der Waals surface area contributed by atoms with Crippen molar-refractivity contribution in [2.24, 2.45) is 0 Å². The van der Waals surface area contributed by atoms with E-state index in [2.05, 4.69) is 6.92 Å². The molecule has 14 heavy (non-hydrogen) atoms. The van der Waals surface area contributed by atoms with Crippen molar-refractivity contribution < 1.29 is 9.53 Å². The van der Waals surface area contributed by atoms with Gasteiger partial charge in [-0.05, 0) is 25.7 Å². The minimum absolute atomic E-state index is 0.107. The van der Waals surface area contributed by atoms with Crippen LogP contribution in [0.3, 0.4) is 0 Å². The Morgan fingerprint density at radius 1 is 1.29 bits per heavy atom. The van der Waals surface area contributed by atoms with Gasteiger partial charge in [-0.1, -0.05) is 19.8 Å². The summed E-state index contributed by atoms with van der Waals surface area (Å²) in [6.45, 7) is 3.62. The van der Waals surface area contributed by atoms with E-state index in [-0.39, 0.29) is 12.1 Å². The summed E-state index contributed by atoms with van der Waals surface area (Å²) >= 11 is 5.59. The van der Waals surface area contributed by atoms with Gasteiger partial charge in [0, 0.05) is 12.8 Å². The van der Waals surface area contributed by atoms with Crippen molar-refractivity contribution in [3.63, 3.8) is 0 Å². The van der Waals surface area contributed by atoms with E-state index in [0.29, 0.717) is 5.88 Å². The molecule has 0 aliphatic heterocycles. The first-order valence-electron chi connectivity index (χ1n) is 5.43. The van der Waals surface area contributed by atoms with Crippen LogP contribution in [0, 0.1) is 0 Å². The normalized spacial score (nSPS) is 12.5. The maximum atomic E-state index is 10.8. The van der Waals surface area contributed by atoms with Crippen LogP contribution < -0.4 is 0 Å². The first kappa shape index (κ1) is 13.8. The van der Waals surface area contributed by atoms with Gasteiger partial charge in [-0.3, -0.25) is 4.79 Å². The molecule has 2 nitrogen and oxygen atoms in total. The third-order valence-electron chi connectivity index (χ3n) is 2.12. The van der Waals surface area contributed by atoms with Crippen molar-refractivity contribution in [2.45, 2.75) is 58.5 Å². The van der Waals surface area contributed by atoms with Crippen LogP contribution in [0.15, 0.2) is 0 Å². The predicted octanol–water partition coefficient (Wildman–Crippen LogP) is 3.52. The lowest BCUT2D eigenvalue weighted by Crippen LogP contribution is -2.16. The van der Waals surface area contributed by atoms with Gasteiger partial charge in [-0.2, -0.15) is 0 Å². The summed E-state index contributed by atoms with van der Waals surface area (Å²) in [5, 5.41) is 0. The van der Waals surface area contributed by atoms with Gasteiger partial charge in [0.2, 0.25) is 0 Å². The standard InChI is InChI=1S/C11H21ClO2/c1-3-4-7-11(14-10(2)13)8-5-6-9-12/h11H,3-9H2,1-2H3. The number of hydrogen-bond acceptors (Lipinski definition) is 2. The second-order valence-corrected chi connectivity index (χ2v) is 3.94. The highest BCUT2D eigenvalue weighted by Crippen LogP contribution is 2.13. The molecule has 3 heteroatoms. The van der Waals surface area contributed by atoms with Crippen molar-refractivity contribution >= 4 is 17.6 Å². The van der Waals surface area contributed by atoms with Gasteiger partial charge in [0.15, 0.2) is 0 Å². The molecular formula is C11H21ClO2. The highest BCUT2D eigenvalue weighted by molar-refractivity contribution is 6.17. The van der Waals surface area contributed by atoms with Crippen LogP contribution in [-0.2, 0) is 9.53 Å². The van der Waals surface area contributed by atoms with E-state index in [9.17, 15) is 4.79 Å². The van der Waals surface area contributed by atoms with Crippen LogP contribution in [0.2, 0.25) is 0 Å². The van der Waals surface area contributed by atoms with Crippen molar-refractivity contribution in [3.05, 3.63) is 0 Å². The van der Waals surface area contributed by atoms with Gasteiger partial charge in [-0.15, -0.1) is 11.6 Å². The fourth-order valence-electron chi connectivity index (χ4n) is 1.40. The van der Waals surface area contributed by atoms with Gasteiger partial charge in [0.1, 0.15) is 6.10 Å². The average molecular weight is 221 g/mol. The highest BCUT2D eigenvalue weighted by Gasteiger charge is 2.10. The summed E-state index contributed by atoms with van der Waals surface area (Å²) in [6, 6.07) is 0. The molecule has 0 heterocycles. The molecule has 0 amide bonds. The van der Waals surface area contributed by atoms with Gasteiger partial charge >= 0.3 is 5.97 Å². The molecule has 1 atom stereocenters. The molecule has 0 aromatic rings. The number of unbranched alkanes of at least 4 members (excludes halogenated alkanes) is 2. The zero-order chi connectivity index (χ0) is 10.8. The molecule has 0 saturated carbocycles. The lowest BCUT2D eigenvalue weighted by molar-refractivity contribution is -0.147. The molecule has 0 aromatic carbocycles. The lowest BCUT2D eigenvalue weighted by Gasteiger charge is -2.16. The Kier molecular flexibility index (Phi) is 9.16. The SMILES string of the molecule is CCCCC(CCCCCl)OC(C)=O. The predicted molar refractivity (Wildman–Crippen MR) is 59.7 cm³/mol. The fraction of sp³-hybridized carbons (Fsp3) is 0.909. The zero-order valence-electron chi connectivity index (χ0n) is 9.22. The smallest absolute Gasteiger partial charge is 0.302 e. The van der Waals surface area contributed by atoms with E-state index in [1.54, 1.807) is 0 Å². The number of ether oxygens (including phenoxy) is 1. The molecular weight excluding hydrogens is 200 g/mol. The van der Waals surface area contributed by atoms with E-state index in [4.69, 9.17) is 16.3 Å². The Hall–Kier alpha value is -0.240. The topological polar surface area (TPSA) is 26.3 Å². The van der Waals surface area contributed by atoms with Crippen LogP contribution >= 0.6 is 11.6 Å². The largest absolute Gasteiger partial charge is 0.463 e. The minimum Gasteiger partial charge on any atom is -0.463 e. The molecule has 0 fully saturated rings. The molecule has 0 saturated heterocycles. The van der Waals surface area contributed by atoms with Crippen LogP contribution in [0.25, 0.3) is 0 Å². The van der Waals surface area contributed by atoms with Crippen LogP contribution in [0.5, 0.6) is 0 Å². The number of hydrogen-bond donors (Lipinski definition) is 0. The molecule has 0 rings (SSSR count). The lowest BCUT2D eigenvalue weighted by atomic mass is 10.1. The zero-order valence-corrected chi connectivity index (χ0v) is 9.98. The molecule has 0 N–H and O–H groups in total. The second-order valence-electron chi connectivity index (χ2n) is 3.56. The summed E-state index contributed by atoms with van der Waals surface area (Å²) in [5.74, 6) is 0.526. The number of halogens is 1. The Morgan fingerprint density at radius 3 is 2.43 bits per heavy atom. The monoisotopic (exact) mass is 220 g/mol. The Balaban J connectivity index is 3.66. The average Bonchev–Trinajstić information content (AvgIpc) is 2.13. The molecule has 0 aliphatic carbocycles. The van der Waals surface area contributed by atoms with Crippen LogP contribution in [0.1, 0.15) is 52.4 Å². The minimum atomic E-state index is -0.169. The second kappa shape index (κ2) is 9.32. The summed E-state index contributed by atoms with van der Waals surface area (Å²) < 4.78 is 5.22. The van der Waals surface area contributed by atoms with E-state index in [0.717, 1.165) is 38.5 Å². The van der Waals surface area contributed by atoms with E-state index >= 15 is 0 Å². The van der Waals surface area contributed by atoms with E-state index in [1.807, 2.05) is 0 Å². The molecule has 0 spiro atoms. The highest BCUT2D eigenvalue weighted by atomic mass is 35.5. The maximum Gasteiger partial charge on any atom is 0.302 e. The molecule has 0 aliphatic rings. The van der Waals surface area contributed by atoms with E-state index in [1.165, 1.54) is 6.92 Å². The van der Waals surface area contributed by atoms with Crippen molar-refractivity contribution in [1.29, 1.82) is 0 Å². The first-order valence-corrected chi connectivity index (χ1v) is 5.97. The molecule has 0 bridgehead atoms. The number of esters is 1. The van der Waals surface area contributed by atoms with Crippen LogP contribution in [-0.4, -0.2) is 18.0 Å². The summed E-state index contributed by atoms with van der Waals surface area (Å²) in [4.78, 5) is 10.8. The van der Waals surface area contributed by atoms with Crippen molar-refractivity contribution in [2.75, 3.05) is 5.88 Å². The Labute approximate surface area is 92.0 Å². The van der Waals surface area contributed by atoms with Gasteiger partial charge in [0.25, 0.3) is 0 Å². The van der Waals surface area contributed by atoms with Gasteiger partial charge in [-0.25, -0.2) is 0 Å². The summed E-state index contributed by atoms with van der Waals surface area (Å²) in [6.07, 6.45) is 6.36. The molecule has 0 radical (unpaired) electrons. The number of carbonyl (C=O) groups excluding carboxylic acids is 1. The van der Waals surface area contributed by atoms with E-state index < -0.39 is 0 Å². The first-order chi connectivity index (χ1) is 6.70. The summed E-state index contributed by atoms with van der Waals surface area (Å²) in [5.41, 5.74) is 0. The quantitative estimate of drug-likeness (QED) is 0.356. The molecule has 84 valence electrons. The number of rotatable bonds is 8. The van der Waals surface area contributed by atoms with Crippen LogP contribution in [0.4, 0.5) is 0 Å². The van der Waals surface area contributed by atoms with Crippen molar-refractivity contribution in [3.8, 4) is 0 Å². The van der Waals surface area contributed by atoms with Crippen molar-refractivity contribution in [1.82, 2.24) is 0 Å². The number of alkyl halides is 1. The maximum absolute atomic E-state index is 10.8. The Morgan fingerprint density at radius 2 is 1.93 bits per heavy atom. The third kappa shape index (κ3) is 8.36. The molecule has 1 unspecified atom stereocenters. The summed E-state index contributed by atoms with van der Waals surface area (Å²) in [7, 11) is 0. The fourth-order valence-corrected chi connectivity index (χ4v) is 1.58. The third-order valence-corrected chi connectivity index (χ3v) is 2.39. The van der Waals surface area contributed by atoms with Gasteiger partial charge in [0.05, 0.1) is 0 Å². The molecule has 0 aromatic heterocycles. The van der Waals surface area contributed by atoms with Gasteiger partial charge < -0.3 is 4.74 Å². The Bertz CT molecular complexity index is 148. The number of carbonyl (C=O) groups is 1.